The van der Waals surface area contributed by atoms with Gasteiger partial charge >= 0.3 is 0 Å². The van der Waals surface area contributed by atoms with Crippen LogP contribution < -0.4 is 15.4 Å². The predicted octanol–water partition coefficient (Wildman–Crippen LogP) is 1.15. The van der Waals surface area contributed by atoms with E-state index in [9.17, 15) is 4.79 Å². The van der Waals surface area contributed by atoms with Crippen molar-refractivity contribution in [2.75, 3.05) is 26.2 Å². The van der Waals surface area contributed by atoms with Crippen LogP contribution in [0.1, 0.15) is 48.1 Å². The largest absolute Gasteiger partial charge is 0.322 e. The van der Waals surface area contributed by atoms with Crippen LogP contribution in [0.25, 0.3) is 10.2 Å². The van der Waals surface area contributed by atoms with Gasteiger partial charge < -0.3 is 14.8 Å². The normalized spacial score (nSPS) is 25.2. The van der Waals surface area contributed by atoms with Gasteiger partial charge in [0.2, 0.25) is 0 Å². The molecular formula is C24H32N4OS+2. The van der Waals surface area contributed by atoms with Crippen LogP contribution in [-0.2, 0) is 19.4 Å². The molecule has 5 rings (SSSR count). The minimum atomic E-state index is 0.0710. The van der Waals surface area contributed by atoms with Crippen LogP contribution in [0.4, 0.5) is 0 Å². The van der Waals surface area contributed by atoms with Crippen LogP contribution in [0.2, 0.25) is 0 Å². The van der Waals surface area contributed by atoms with Gasteiger partial charge in [0.25, 0.3) is 5.56 Å². The fraction of sp³-hybridized carbons (Fsp3) is 0.500. The second kappa shape index (κ2) is 8.25. The number of nitrogens with one attached hydrogen (secondary N) is 3. The lowest BCUT2D eigenvalue weighted by molar-refractivity contribution is -1.03. The van der Waals surface area contributed by atoms with E-state index in [0.29, 0.717) is 5.92 Å². The molecule has 0 amide bonds. The van der Waals surface area contributed by atoms with Crippen molar-refractivity contribution in [2.45, 2.75) is 45.7 Å². The van der Waals surface area contributed by atoms with Crippen molar-refractivity contribution >= 4 is 21.6 Å². The molecule has 3 aromatic rings. The fourth-order valence-corrected chi connectivity index (χ4v) is 6.57. The number of rotatable bonds is 4. The third kappa shape index (κ3) is 3.84. The van der Waals surface area contributed by atoms with E-state index in [0.717, 1.165) is 61.6 Å². The van der Waals surface area contributed by atoms with Crippen molar-refractivity contribution in [1.82, 2.24) is 9.97 Å². The Morgan fingerprint density at radius 2 is 1.97 bits per heavy atom. The molecule has 0 spiro atoms. The van der Waals surface area contributed by atoms with E-state index in [1.54, 1.807) is 16.2 Å². The Hall–Kier alpha value is -2.02. The summed E-state index contributed by atoms with van der Waals surface area (Å²) in [6.07, 6.45) is 3.29. The Bertz CT molecular complexity index is 1080. The summed E-state index contributed by atoms with van der Waals surface area (Å²) in [7, 11) is 0. The first kappa shape index (κ1) is 19.9. The summed E-state index contributed by atoms with van der Waals surface area (Å²) >= 11 is 1.75. The molecule has 6 heteroatoms. The number of thiophene rings is 1. The molecule has 1 fully saturated rings. The zero-order valence-corrected chi connectivity index (χ0v) is 18.8. The van der Waals surface area contributed by atoms with Crippen molar-refractivity contribution in [2.24, 2.45) is 5.92 Å². The molecule has 2 aliphatic rings. The number of benzene rings is 1. The second-order valence-corrected chi connectivity index (χ2v) is 10.4. The highest BCUT2D eigenvalue weighted by molar-refractivity contribution is 7.18. The molecule has 5 nitrogen and oxygen atoms in total. The molecular weight excluding hydrogens is 392 g/mol. The van der Waals surface area contributed by atoms with Crippen LogP contribution in [0.5, 0.6) is 0 Å². The maximum absolute atomic E-state index is 13.0. The highest BCUT2D eigenvalue weighted by Gasteiger charge is 2.30. The first-order valence-electron chi connectivity index (χ1n) is 11.3. The number of fused-ring (bicyclic) bond motifs is 3. The monoisotopic (exact) mass is 424 g/mol. The van der Waals surface area contributed by atoms with Gasteiger partial charge in [0.15, 0.2) is 5.82 Å². The minimum Gasteiger partial charge on any atom is -0.322 e. The summed E-state index contributed by atoms with van der Waals surface area (Å²) in [5.41, 5.74) is 2.75. The summed E-state index contributed by atoms with van der Waals surface area (Å²) in [5, 5.41) is 0.866. The molecule has 1 aromatic carbocycles. The second-order valence-electron chi connectivity index (χ2n) is 9.28. The van der Waals surface area contributed by atoms with Gasteiger partial charge in [-0.1, -0.05) is 37.3 Å². The first-order valence-corrected chi connectivity index (χ1v) is 12.2. The number of nitrogens with zero attached hydrogens (tertiary/aromatic N) is 1. The molecule has 2 atom stereocenters. The standard InChI is InChI=1S/C24H30N4OS/c1-16-8-9-19-20(14-16)30-24-21(19)23(29)25-22(26-24)17(2)28-12-10-27(11-13-28)15-18-6-4-3-5-7-18/h3-7,16-17H,8-15H2,1-2H3,(H,25,26,29)/p+2/t16-,17+/m1/s1. The smallest absolute Gasteiger partial charge is 0.260 e. The van der Waals surface area contributed by atoms with Crippen molar-refractivity contribution in [1.29, 1.82) is 0 Å². The summed E-state index contributed by atoms with van der Waals surface area (Å²) in [5.74, 6) is 1.57. The summed E-state index contributed by atoms with van der Waals surface area (Å²) < 4.78 is 0. The van der Waals surface area contributed by atoms with Gasteiger partial charge in [-0.15, -0.1) is 11.3 Å². The Morgan fingerprint density at radius 1 is 1.20 bits per heavy atom. The summed E-state index contributed by atoms with van der Waals surface area (Å²) in [6, 6.07) is 11.0. The molecule has 3 heterocycles. The molecule has 0 saturated carbocycles. The minimum absolute atomic E-state index is 0.0710. The lowest BCUT2D eigenvalue weighted by Crippen LogP contribution is -3.27. The third-order valence-corrected chi connectivity index (χ3v) is 8.25. The number of aryl methyl sites for hydroxylation is 1. The average Bonchev–Trinajstić information content (AvgIpc) is 3.12. The van der Waals surface area contributed by atoms with E-state index in [1.807, 2.05) is 0 Å². The lowest BCUT2D eigenvalue weighted by Gasteiger charge is -2.32. The Morgan fingerprint density at radius 3 is 2.73 bits per heavy atom. The van der Waals surface area contributed by atoms with Crippen LogP contribution >= 0.6 is 11.3 Å². The topological polar surface area (TPSA) is 54.6 Å². The van der Waals surface area contributed by atoms with E-state index in [-0.39, 0.29) is 11.6 Å². The highest BCUT2D eigenvalue weighted by atomic mass is 32.1. The van der Waals surface area contributed by atoms with E-state index in [4.69, 9.17) is 4.98 Å². The number of H-pyrrole nitrogens is 1. The number of hydrogen-bond acceptors (Lipinski definition) is 3. The van der Waals surface area contributed by atoms with Crippen LogP contribution in [0.3, 0.4) is 0 Å². The molecule has 1 aliphatic carbocycles. The first-order chi connectivity index (χ1) is 14.6. The van der Waals surface area contributed by atoms with Crippen molar-refractivity contribution in [3.05, 3.63) is 62.5 Å². The Labute approximate surface area is 181 Å². The average molecular weight is 425 g/mol. The van der Waals surface area contributed by atoms with Gasteiger partial charge in [-0.05, 0) is 37.7 Å². The predicted molar refractivity (Wildman–Crippen MR) is 121 cm³/mol. The molecule has 0 radical (unpaired) electrons. The molecule has 3 N–H and O–H groups in total. The number of aromatic amines is 1. The van der Waals surface area contributed by atoms with Gasteiger partial charge in [-0.25, -0.2) is 4.98 Å². The number of hydrogen-bond donors (Lipinski definition) is 3. The van der Waals surface area contributed by atoms with Crippen LogP contribution in [-0.4, -0.2) is 36.1 Å². The lowest BCUT2D eigenvalue weighted by atomic mass is 9.89. The van der Waals surface area contributed by atoms with Gasteiger partial charge in [-0.2, -0.15) is 0 Å². The van der Waals surface area contributed by atoms with Gasteiger partial charge in [-0.3, -0.25) is 4.79 Å². The molecule has 30 heavy (non-hydrogen) atoms. The zero-order valence-electron chi connectivity index (χ0n) is 18.0. The Kier molecular flexibility index (Phi) is 5.48. The van der Waals surface area contributed by atoms with E-state index in [1.165, 1.54) is 27.3 Å². The zero-order chi connectivity index (χ0) is 20.7. The highest BCUT2D eigenvalue weighted by Crippen LogP contribution is 2.35. The summed E-state index contributed by atoms with van der Waals surface area (Å²) in [6.45, 7) is 10.2. The van der Waals surface area contributed by atoms with Crippen molar-refractivity contribution < 1.29 is 9.80 Å². The summed E-state index contributed by atoms with van der Waals surface area (Å²) in [4.78, 5) is 26.6. The van der Waals surface area contributed by atoms with Gasteiger partial charge in [0, 0.05) is 10.4 Å². The van der Waals surface area contributed by atoms with E-state index < -0.39 is 0 Å². The maximum atomic E-state index is 13.0. The van der Waals surface area contributed by atoms with Gasteiger partial charge in [0.05, 0.1) is 5.39 Å². The van der Waals surface area contributed by atoms with Crippen molar-refractivity contribution in [3.63, 3.8) is 0 Å². The van der Waals surface area contributed by atoms with Crippen molar-refractivity contribution in [3.8, 4) is 0 Å². The maximum Gasteiger partial charge on any atom is 0.260 e. The van der Waals surface area contributed by atoms with E-state index >= 15 is 0 Å². The molecule has 1 saturated heterocycles. The van der Waals surface area contributed by atoms with Crippen LogP contribution in [0, 0.1) is 5.92 Å². The quantitative estimate of drug-likeness (QED) is 0.589. The molecule has 0 unspecified atom stereocenters. The molecule has 1 aliphatic heterocycles. The van der Waals surface area contributed by atoms with Crippen LogP contribution in [0.15, 0.2) is 35.1 Å². The molecule has 0 bridgehead atoms. The molecule has 2 aromatic heterocycles. The number of piperazine rings is 1. The SMILES string of the molecule is C[C@@H]1CCc2c(sc3nc([C@H](C)[NH+]4CC[NH+](Cc5ccccc5)CC4)[nH]c(=O)c23)C1. The number of quaternary nitrogens is 2. The van der Waals surface area contributed by atoms with Gasteiger partial charge in [0.1, 0.15) is 43.6 Å². The molecule has 158 valence electrons. The number of aromatic nitrogens is 2. The third-order valence-electron chi connectivity index (χ3n) is 7.10. The van der Waals surface area contributed by atoms with E-state index in [2.05, 4.69) is 49.2 Å². The fourth-order valence-electron chi connectivity index (χ4n) is 5.18. The Balaban J connectivity index is 1.30.